The van der Waals surface area contributed by atoms with Crippen LogP contribution in [0.25, 0.3) is 0 Å². The number of aliphatic hydroxyl groups is 5. The molecule has 4 aromatic rings. The number of nitrogens with zero attached hydrogens (tertiary/aromatic N) is 4. The highest BCUT2D eigenvalue weighted by molar-refractivity contribution is 5.98. The van der Waals surface area contributed by atoms with Crippen molar-refractivity contribution in [2.75, 3.05) is 45.2 Å². The van der Waals surface area contributed by atoms with E-state index in [4.69, 9.17) is 32.4 Å². The number of carbonyl (C=O) groups is 10. The first-order chi connectivity index (χ1) is 58.6. The third-order valence-corrected chi connectivity index (χ3v) is 22.8. The number of guanidine groups is 1. The van der Waals surface area contributed by atoms with Crippen molar-refractivity contribution in [1.82, 2.24) is 46.9 Å². The molecular weight excluding hydrogens is 1560 g/mol. The molecule has 14 atom stereocenters. The molecule has 1 fully saturated rings. The minimum Gasteiger partial charge on any atom is -0.445 e. The van der Waals surface area contributed by atoms with Crippen LogP contribution in [0.4, 0.5) is 15.3 Å². The van der Waals surface area contributed by atoms with Gasteiger partial charge in [-0.25, -0.2) is 9.59 Å². The van der Waals surface area contributed by atoms with Crippen molar-refractivity contribution < 1.29 is 83.0 Å². The average Bonchev–Trinajstić information content (AvgIpc) is 1.06. The number of aryl methyl sites for hydroxylation is 2. The summed E-state index contributed by atoms with van der Waals surface area (Å²) in [6.07, 6.45) is 13.4. The first kappa shape index (κ1) is 103. The van der Waals surface area contributed by atoms with Crippen LogP contribution in [0.5, 0.6) is 0 Å². The highest BCUT2D eigenvalue weighted by Gasteiger charge is 2.44. The standard InChI is InChI=1S/C90H143N15O17/c1-6-7-8-9-10-11-12-13-14-15-16-20-31-61(4)81(112)73(59-121-77-55-68(57-106)82(113)84(115)83(77)114)101-90(120)122-58-64-40-42-69(43-41-64)98-86(117)66(37-29-48-97-89(94)119)53-76(109)80(60(2)3)102-78(110)39-25-19-28-49-105-56-70(103-104-105)44-45-79(111)99-72(51-63-34-23-18-24-35-63)75(108)54-67(50-62-32-21-17-22-33-62)87(118)100-71(38-30-47-96-88(92)93)74(107)52-65(85(116)95-5)36-26-27-46-91/h17-18,21-24,32-35,40-43,56,60-61,65-68,71-73,77,80-84,106,112-115H,6-16,19-20,25-31,36-39,44-55,57-59,91H2,1-5H3,(H,95,116)(H,98,117)(H,99,111)(H,100,118)(H,101,120)(H,102,110)(H4,92,93,96)(H3,94,97,119)/t61?,65?,66?,67?,68?,71?,72?,73-,77?,80-,81?,82?,83?,84?/m0/s1. The smallest absolute Gasteiger partial charge is 0.407 e. The second-order valence-electron chi connectivity index (χ2n) is 33.2. The number of hydrogen-bond donors (Lipinski definition) is 16. The number of primary amides is 1. The second kappa shape index (κ2) is 58.7. The van der Waals surface area contributed by atoms with Gasteiger partial charge in [-0.2, -0.15) is 0 Å². The summed E-state index contributed by atoms with van der Waals surface area (Å²) < 4.78 is 13.3. The Morgan fingerprint density at radius 2 is 1.18 bits per heavy atom. The fourth-order valence-corrected chi connectivity index (χ4v) is 15.3. The average molecular weight is 1710 g/mol. The number of ketones is 3. The Bertz CT molecular complexity index is 3760. The predicted molar refractivity (Wildman–Crippen MR) is 467 cm³/mol. The minimum absolute atomic E-state index is 0.0208. The molecule has 1 aliphatic carbocycles. The Morgan fingerprint density at radius 3 is 1.80 bits per heavy atom. The molecule has 32 heteroatoms. The summed E-state index contributed by atoms with van der Waals surface area (Å²) in [6.45, 7) is 7.94. The molecule has 0 radical (unpaired) electrons. The Hall–Kier alpha value is -9.31. The van der Waals surface area contributed by atoms with Crippen LogP contribution < -0.4 is 60.2 Å². The Labute approximate surface area is 720 Å². The number of Topliss-reactive ketones (excluding diaryl/α,β-unsaturated/α-hetero) is 3. The van der Waals surface area contributed by atoms with Crippen molar-refractivity contribution in [2.24, 2.45) is 63.4 Å². The van der Waals surface area contributed by atoms with Gasteiger partial charge in [0.15, 0.2) is 23.3 Å². The van der Waals surface area contributed by atoms with Gasteiger partial charge in [0.1, 0.15) is 18.8 Å². The molecule has 5 rings (SSSR count). The second-order valence-corrected chi connectivity index (χ2v) is 33.2. The lowest BCUT2D eigenvalue weighted by Gasteiger charge is -2.40. The third kappa shape index (κ3) is 40.3. The zero-order valence-electron chi connectivity index (χ0n) is 72.6. The summed E-state index contributed by atoms with van der Waals surface area (Å²) >= 11 is 0. The molecule has 0 bridgehead atoms. The number of nitrogens with one attached hydrogen (secondary N) is 7. The van der Waals surface area contributed by atoms with E-state index in [1.165, 1.54) is 58.4 Å². The van der Waals surface area contributed by atoms with Crippen molar-refractivity contribution in [3.05, 3.63) is 114 Å². The van der Waals surface area contributed by atoms with E-state index >= 15 is 0 Å². The number of anilines is 1. The van der Waals surface area contributed by atoms with E-state index in [1.54, 1.807) is 49.0 Å². The van der Waals surface area contributed by atoms with E-state index in [0.717, 1.165) is 36.8 Å². The maximum absolute atomic E-state index is 14.7. The predicted octanol–water partition coefficient (Wildman–Crippen LogP) is 7.27. The molecule has 122 heavy (non-hydrogen) atoms. The quantitative estimate of drug-likeness (QED) is 0.0117. The highest BCUT2D eigenvalue weighted by atomic mass is 16.6. The van der Waals surface area contributed by atoms with Gasteiger partial charge in [0.05, 0.1) is 54.8 Å². The van der Waals surface area contributed by atoms with Crippen molar-refractivity contribution in [3.8, 4) is 0 Å². The van der Waals surface area contributed by atoms with E-state index < -0.39 is 121 Å². The molecule has 1 saturated carbocycles. The number of ether oxygens (including phenoxy) is 2. The number of nitrogens with two attached hydrogens (primary N) is 4. The van der Waals surface area contributed by atoms with E-state index in [9.17, 15) is 73.5 Å². The van der Waals surface area contributed by atoms with Gasteiger partial charge in [-0.3, -0.25) is 48.0 Å². The van der Waals surface area contributed by atoms with E-state index in [0.29, 0.717) is 87.8 Å². The minimum atomic E-state index is -1.58. The van der Waals surface area contributed by atoms with Crippen molar-refractivity contribution in [1.29, 1.82) is 0 Å². The summed E-state index contributed by atoms with van der Waals surface area (Å²) in [5.74, 6) is -7.28. The van der Waals surface area contributed by atoms with Crippen LogP contribution in [0, 0.1) is 35.5 Å². The van der Waals surface area contributed by atoms with E-state index in [-0.39, 0.29) is 138 Å². The Morgan fingerprint density at radius 1 is 0.590 bits per heavy atom. The highest BCUT2D eigenvalue weighted by Crippen LogP contribution is 2.30. The molecule has 1 heterocycles. The SMILES string of the molecule is CCCCCCCCCCCCCCC(C)C(O)[C@H](COC1CC(CO)C(O)C(O)C1O)NC(=O)OCc1ccc(NC(=O)C(CCCNC(N)=O)CC(=O)[C@@H](NC(=O)CCCCCn2cc(CCC(=O)NC(Cc3ccccc3)C(=O)CC(Cc3ccccc3)C(=O)NC(CCCN=C(N)N)C(=O)CC(CCCCN)C(=O)NC)nn2)C(C)C)cc1. The number of aliphatic hydroxyl groups excluding tert-OH is 5. The first-order valence-electron chi connectivity index (χ1n) is 44.4. The number of alkyl carbamates (subject to hydrolysis) is 1. The number of aliphatic imine (C=N–C) groups is 1. The number of aromatic nitrogens is 3. The number of hydrogen-bond acceptors (Lipinski definition) is 21. The monoisotopic (exact) mass is 1710 g/mol. The van der Waals surface area contributed by atoms with E-state index in [2.05, 4.69) is 59.4 Å². The number of carbonyl (C=O) groups excluding carboxylic acids is 10. The summed E-state index contributed by atoms with van der Waals surface area (Å²) in [7, 11) is 1.50. The molecule has 1 aromatic heterocycles. The number of unbranched alkanes of at least 4 members (excludes halogenated alkanes) is 14. The molecule has 0 aliphatic heterocycles. The molecular formula is C90H143N15O17. The lowest BCUT2D eigenvalue weighted by Crippen LogP contribution is -2.56. The lowest BCUT2D eigenvalue weighted by molar-refractivity contribution is -0.181. The van der Waals surface area contributed by atoms with Gasteiger partial charge >= 0.3 is 12.1 Å². The molecule has 8 amide bonds. The summed E-state index contributed by atoms with van der Waals surface area (Å²) in [4.78, 5) is 141. The van der Waals surface area contributed by atoms with Crippen LogP contribution >= 0.6 is 0 Å². The van der Waals surface area contributed by atoms with Crippen LogP contribution in [0.15, 0.2) is 96.1 Å². The van der Waals surface area contributed by atoms with Gasteiger partial charge in [0, 0.05) is 107 Å². The summed E-state index contributed by atoms with van der Waals surface area (Å²) in [6, 6.07) is 20.0. The van der Waals surface area contributed by atoms with Crippen LogP contribution in [0.3, 0.4) is 0 Å². The van der Waals surface area contributed by atoms with Gasteiger partial charge in [0.25, 0.3) is 0 Å². The maximum Gasteiger partial charge on any atom is 0.407 e. The molecule has 680 valence electrons. The first-order valence-corrected chi connectivity index (χ1v) is 44.4. The number of benzene rings is 3. The van der Waals surface area contributed by atoms with Gasteiger partial charge in [-0.1, -0.05) is 196 Å². The van der Waals surface area contributed by atoms with Gasteiger partial charge in [-0.15, -0.1) is 5.10 Å². The zero-order chi connectivity index (χ0) is 89.1. The lowest BCUT2D eigenvalue weighted by atomic mass is 9.81. The van der Waals surface area contributed by atoms with Crippen molar-refractivity contribution in [3.63, 3.8) is 0 Å². The summed E-state index contributed by atoms with van der Waals surface area (Å²) in [5, 5.41) is 81.4. The molecule has 0 saturated heterocycles. The van der Waals surface area contributed by atoms with Crippen LogP contribution in [0.1, 0.15) is 236 Å². The summed E-state index contributed by atoms with van der Waals surface area (Å²) in [5.41, 5.74) is 25.2. The normalized spacial score (nSPS) is 17.4. The maximum atomic E-state index is 14.7. The molecule has 3 aromatic carbocycles. The fourth-order valence-electron chi connectivity index (χ4n) is 15.3. The molecule has 32 nitrogen and oxygen atoms in total. The molecule has 0 spiro atoms. The molecule has 1 aliphatic rings. The third-order valence-electron chi connectivity index (χ3n) is 22.8. The van der Waals surface area contributed by atoms with Gasteiger partial charge in [0.2, 0.25) is 29.5 Å². The van der Waals surface area contributed by atoms with Crippen LogP contribution in [-0.4, -0.2) is 200 Å². The van der Waals surface area contributed by atoms with Crippen LogP contribution in [0.2, 0.25) is 0 Å². The number of amides is 8. The van der Waals surface area contributed by atoms with Gasteiger partial charge in [-0.05, 0) is 124 Å². The number of rotatable bonds is 64. The number of urea groups is 1. The van der Waals surface area contributed by atoms with E-state index in [1.807, 2.05) is 67.6 Å². The Kier molecular flexibility index (Phi) is 49.7. The van der Waals surface area contributed by atoms with Crippen molar-refractivity contribution in [2.45, 2.75) is 301 Å². The molecule has 12 unspecified atom stereocenters. The van der Waals surface area contributed by atoms with Crippen molar-refractivity contribution >= 4 is 70.7 Å². The van der Waals surface area contributed by atoms with Gasteiger partial charge < -0.3 is 95.2 Å². The van der Waals surface area contributed by atoms with Crippen LogP contribution in [-0.2, 0) is 80.2 Å². The zero-order valence-corrected chi connectivity index (χ0v) is 72.6. The Balaban J connectivity index is 1.12. The molecule has 20 N–H and O–H groups in total. The largest absolute Gasteiger partial charge is 0.445 e. The fraction of sp³-hybridized carbons (Fsp3) is 0.656. The topological polar surface area (TPSA) is 522 Å².